The first-order chi connectivity index (χ1) is 13.0. The van der Waals surface area contributed by atoms with Gasteiger partial charge < -0.3 is 9.47 Å². The van der Waals surface area contributed by atoms with Crippen molar-refractivity contribution in [2.24, 2.45) is 5.41 Å². The van der Waals surface area contributed by atoms with Crippen molar-refractivity contribution < 1.29 is 14.3 Å². The Hall–Kier alpha value is -2.11. The van der Waals surface area contributed by atoms with E-state index in [1.807, 2.05) is 38.1 Å². The molecule has 0 N–H and O–H groups in total. The van der Waals surface area contributed by atoms with Crippen LogP contribution in [0.2, 0.25) is 5.15 Å². The lowest BCUT2D eigenvalue weighted by Gasteiger charge is -2.27. The molecule has 1 saturated heterocycles. The molecule has 3 rings (SSSR count). The minimum Gasteiger partial charge on any atom is -0.489 e. The molecule has 0 bridgehead atoms. The summed E-state index contributed by atoms with van der Waals surface area (Å²) in [5.74, 6) is 0.282. The Morgan fingerprint density at radius 3 is 2.74 bits per heavy atom. The van der Waals surface area contributed by atoms with Gasteiger partial charge in [-0.3, -0.25) is 9.69 Å². The van der Waals surface area contributed by atoms with Gasteiger partial charge >= 0.3 is 5.97 Å². The summed E-state index contributed by atoms with van der Waals surface area (Å²) >= 11 is 6.17. The predicted octanol–water partition coefficient (Wildman–Crippen LogP) is 3.88. The lowest BCUT2D eigenvalue weighted by molar-refractivity contribution is -0.156. The standard InChI is InChI=1S/C21H25ClN2O3/c1-3-26-20(25)21(15-27-18-10-9-16(2)23-19(18)22)11-12-24(14-21)13-17-7-5-4-6-8-17/h4-10H,3,11-15H2,1-2H3. The third-order valence-electron chi connectivity index (χ3n) is 4.85. The Bertz CT molecular complexity index is 784. The van der Waals surface area contributed by atoms with E-state index in [9.17, 15) is 4.79 Å². The number of hydrogen-bond donors (Lipinski definition) is 0. The van der Waals surface area contributed by atoms with Crippen LogP contribution >= 0.6 is 11.6 Å². The molecule has 5 nitrogen and oxygen atoms in total. The minimum atomic E-state index is -0.695. The van der Waals surface area contributed by atoms with Crippen molar-refractivity contribution in [1.82, 2.24) is 9.88 Å². The van der Waals surface area contributed by atoms with Gasteiger partial charge in [0, 0.05) is 18.8 Å². The number of carbonyl (C=O) groups excluding carboxylic acids is 1. The zero-order chi connectivity index (χ0) is 19.3. The highest BCUT2D eigenvalue weighted by atomic mass is 35.5. The smallest absolute Gasteiger partial charge is 0.316 e. The van der Waals surface area contributed by atoms with E-state index >= 15 is 0 Å². The van der Waals surface area contributed by atoms with Crippen LogP contribution in [0.4, 0.5) is 0 Å². The van der Waals surface area contributed by atoms with Gasteiger partial charge in [-0.15, -0.1) is 0 Å². The van der Waals surface area contributed by atoms with E-state index in [1.165, 1.54) is 5.56 Å². The van der Waals surface area contributed by atoms with E-state index in [2.05, 4.69) is 22.0 Å². The summed E-state index contributed by atoms with van der Waals surface area (Å²) in [7, 11) is 0. The average Bonchev–Trinajstić information content (AvgIpc) is 3.06. The highest BCUT2D eigenvalue weighted by Crippen LogP contribution is 2.35. The molecule has 0 aliphatic carbocycles. The van der Waals surface area contributed by atoms with Crippen molar-refractivity contribution in [3.05, 3.63) is 58.9 Å². The van der Waals surface area contributed by atoms with Crippen LogP contribution in [0.3, 0.4) is 0 Å². The molecule has 6 heteroatoms. The number of nitrogens with zero attached hydrogens (tertiary/aromatic N) is 2. The Balaban J connectivity index is 1.72. The SMILES string of the molecule is CCOC(=O)C1(COc2ccc(C)nc2Cl)CCN(Cc2ccccc2)C1. The molecule has 0 radical (unpaired) electrons. The quantitative estimate of drug-likeness (QED) is 0.532. The maximum atomic E-state index is 12.7. The molecule has 2 heterocycles. The second kappa shape index (κ2) is 8.72. The zero-order valence-electron chi connectivity index (χ0n) is 15.8. The number of benzene rings is 1. The van der Waals surface area contributed by atoms with Gasteiger partial charge in [0.05, 0.1) is 6.61 Å². The van der Waals surface area contributed by atoms with E-state index in [-0.39, 0.29) is 12.6 Å². The van der Waals surface area contributed by atoms with Crippen molar-refractivity contribution in [3.8, 4) is 5.75 Å². The fourth-order valence-electron chi connectivity index (χ4n) is 3.40. The fraction of sp³-hybridized carbons (Fsp3) is 0.429. The second-order valence-corrected chi connectivity index (χ2v) is 7.34. The average molecular weight is 389 g/mol. The number of aryl methyl sites for hydroxylation is 1. The summed E-state index contributed by atoms with van der Waals surface area (Å²) in [6.45, 7) is 6.48. The molecule has 1 aliphatic heterocycles. The van der Waals surface area contributed by atoms with Gasteiger partial charge in [0.1, 0.15) is 12.0 Å². The van der Waals surface area contributed by atoms with Crippen LogP contribution in [0.15, 0.2) is 42.5 Å². The molecular formula is C21H25ClN2O3. The third-order valence-corrected chi connectivity index (χ3v) is 5.12. The number of hydrogen-bond acceptors (Lipinski definition) is 5. The molecule has 2 aromatic rings. The van der Waals surface area contributed by atoms with Crippen LogP contribution in [0, 0.1) is 12.3 Å². The number of rotatable bonds is 7. The maximum Gasteiger partial charge on any atom is 0.316 e. The lowest BCUT2D eigenvalue weighted by atomic mass is 9.88. The molecule has 0 spiro atoms. The fourth-order valence-corrected chi connectivity index (χ4v) is 3.65. The van der Waals surface area contributed by atoms with E-state index in [1.54, 1.807) is 6.07 Å². The normalized spacial score (nSPS) is 19.8. The number of esters is 1. The zero-order valence-corrected chi connectivity index (χ0v) is 16.5. The maximum absolute atomic E-state index is 12.7. The molecule has 1 aromatic heterocycles. The number of aromatic nitrogens is 1. The number of halogens is 1. The molecule has 27 heavy (non-hydrogen) atoms. The van der Waals surface area contributed by atoms with Crippen molar-refractivity contribution in [2.75, 3.05) is 26.3 Å². The summed E-state index contributed by atoms with van der Waals surface area (Å²) < 4.78 is 11.3. The van der Waals surface area contributed by atoms with E-state index < -0.39 is 5.41 Å². The lowest BCUT2D eigenvalue weighted by Crippen LogP contribution is -2.41. The van der Waals surface area contributed by atoms with E-state index in [0.717, 1.165) is 18.8 Å². The van der Waals surface area contributed by atoms with Crippen LogP contribution in [0.5, 0.6) is 5.75 Å². The summed E-state index contributed by atoms with van der Waals surface area (Å²) in [5.41, 5.74) is 1.35. The van der Waals surface area contributed by atoms with Crippen LogP contribution in [0.1, 0.15) is 24.6 Å². The van der Waals surface area contributed by atoms with Gasteiger partial charge in [0.2, 0.25) is 0 Å². The van der Waals surface area contributed by atoms with Crippen LogP contribution in [-0.4, -0.2) is 42.2 Å². The molecular weight excluding hydrogens is 364 g/mol. The number of carbonyl (C=O) groups is 1. The van der Waals surface area contributed by atoms with E-state index in [0.29, 0.717) is 30.5 Å². The highest BCUT2D eigenvalue weighted by molar-refractivity contribution is 6.30. The number of likely N-dealkylation sites (tertiary alicyclic amines) is 1. The summed E-state index contributed by atoms with van der Waals surface area (Å²) in [4.78, 5) is 19.2. The first-order valence-corrected chi connectivity index (χ1v) is 9.60. The van der Waals surface area contributed by atoms with Gasteiger partial charge in [-0.05, 0) is 44.5 Å². The summed E-state index contributed by atoms with van der Waals surface area (Å²) in [6.07, 6.45) is 0.690. The van der Waals surface area contributed by atoms with Gasteiger partial charge in [0.25, 0.3) is 0 Å². The topological polar surface area (TPSA) is 51.7 Å². The molecule has 1 aliphatic rings. The van der Waals surface area contributed by atoms with Gasteiger partial charge in [-0.25, -0.2) is 4.98 Å². The molecule has 1 unspecified atom stereocenters. The molecule has 144 valence electrons. The minimum absolute atomic E-state index is 0.211. The van der Waals surface area contributed by atoms with Crippen LogP contribution < -0.4 is 4.74 Å². The predicted molar refractivity (Wildman–Crippen MR) is 105 cm³/mol. The number of pyridine rings is 1. The summed E-state index contributed by atoms with van der Waals surface area (Å²) in [6, 6.07) is 13.9. The summed E-state index contributed by atoms with van der Waals surface area (Å²) in [5, 5.41) is 0.313. The third kappa shape index (κ3) is 4.79. The van der Waals surface area contributed by atoms with Crippen molar-refractivity contribution >= 4 is 17.6 Å². The van der Waals surface area contributed by atoms with Crippen LogP contribution in [-0.2, 0) is 16.1 Å². The Kier molecular flexibility index (Phi) is 6.34. The van der Waals surface area contributed by atoms with Crippen LogP contribution in [0.25, 0.3) is 0 Å². The Morgan fingerprint density at radius 1 is 1.26 bits per heavy atom. The van der Waals surface area contributed by atoms with Crippen molar-refractivity contribution in [3.63, 3.8) is 0 Å². The Morgan fingerprint density at radius 2 is 2.04 bits per heavy atom. The molecule has 1 atom stereocenters. The van der Waals surface area contributed by atoms with E-state index in [4.69, 9.17) is 21.1 Å². The largest absolute Gasteiger partial charge is 0.489 e. The first-order valence-electron chi connectivity index (χ1n) is 9.22. The van der Waals surface area contributed by atoms with Crippen molar-refractivity contribution in [2.45, 2.75) is 26.8 Å². The molecule has 1 aromatic carbocycles. The van der Waals surface area contributed by atoms with Gasteiger partial charge in [-0.2, -0.15) is 0 Å². The molecule has 0 amide bonds. The first kappa shape index (κ1) is 19.6. The molecule has 1 fully saturated rings. The number of ether oxygens (including phenoxy) is 2. The molecule has 0 saturated carbocycles. The second-order valence-electron chi connectivity index (χ2n) is 6.98. The van der Waals surface area contributed by atoms with Crippen molar-refractivity contribution in [1.29, 1.82) is 0 Å². The highest BCUT2D eigenvalue weighted by Gasteiger charge is 2.47. The Labute approximate surface area is 165 Å². The van der Waals surface area contributed by atoms with Gasteiger partial charge in [-0.1, -0.05) is 41.9 Å². The van der Waals surface area contributed by atoms with Gasteiger partial charge in [0.15, 0.2) is 10.9 Å². The monoisotopic (exact) mass is 388 g/mol.